The summed E-state index contributed by atoms with van der Waals surface area (Å²) in [6.45, 7) is 5.55. The number of anilines is 1. The maximum absolute atomic E-state index is 12.9. The molecule has 20 heavy (non-hydrogen) atoms. The van der Waals surface area contributed by atoms with Gasteiger partial charge in [0.2, 0.25) is 0 Å². The molecule has 0 amide bonds. The van der Waals surface area contributed by atoms with E-state index >= 15 is 0 Å². The average Bonchev–Trinajstić information content (AvgIpc) is 2.49. The van der Waals surface area contributed by atoms with Crippen molar-refractivity contribution < 1.29 is 4.79 Å². The largest absolute Gasteiger partial charge is 0.385 e. The molecule has 1 aromatic carbocycles. The number of benzene rings is 1. The number of carbonyl (C=O) groups excluding carboxylic acids is 1. The Bertz CT molecular complexity index is 496. The summed E-state index contributed by atoms with van der Waals surface area (Å²) in [5.74, 6) is 2.38. The number of rotatable bonds is 2. The number of Topliss-reactive ketones (excluding diaryl/α,β-unsaturated/α-hetero) is 1. The molecular weight excluding hydrogens is 246 g/mol. The fraction of sp³-hybridized carbons (Fsp3) is 0.611. The number of hydrogen-bond acceptors (Lipinski definition) is 2. The van der Waals surface area contributed by atoms with Crippen LogP contribution in [0.25, 0.3) is 0 Å². The summed E-state index contributed by atoms with van der Waals surface area (Å²) in [6, 6.07) is 8.32. The van der Waals surface area contributed by atoms with Crippen LogP contribution in [0.1, 0.15) is 51.0 Å². The van der Waals surface area contributed by atoms with Crippen LogP contribution in [-0.2, 0) is 4.79 Å². The summed E-state index contributed by atoms with van der Waals surface area (Å²) in [4.78, 5) is 12.9. The fourth-order valence-electron chi connectivity index (χ4n) is 3.85. The first kappa shape index (κ1) is 13.7. The van der Waals surface area contributed by atoms with Gasteiger partial charge in [-0.1, -0.05) is 32.0 Å². The van der Waals surface area contributed by atoms with E-state index in [0.29, 0.717) is 11.7 Å². The van der Waals surface area contributed by atoms with Crippen molar-refractivity contribution in [3.05, 3.63) is 29.8 Å². The molecule has 0 aromatic heterocycles. The van der Waals surface area contributed by atoms with E-state index in [0.717, 1.165) is 37.4 Å². The highest BCUT2D eigenvalue weighted by Crippen LogP contribution is 2.39. The zero-order valence-electron chi connectivity index (χ0n) is 12.6. The van der Waals surface area contributed by atoms with Gasteiger partial charge in [-0.15, -0.1) is 0 Å². The minimum Gasteiger partial charge on any atom is -0.385 e. The minimum atomic E-state index is 0.123. The SMILES string of the molecule is CC1CCC(C(=O)C2CCNc3ccccc32)CC1C. The Hall–Kier alpha value is -1.31. The Morgan fingerprint density at radius 1 is 1.10 bits per heavy atom. The van der Waals surface area contributed by atoms with E-state index in [2.05, 4.69) is 37.4 Å². The second kappa shape index (κ2) is 5.59. The zero-order chi connectivity index (χ0) is 14.1. The standard InChI is InChI=1S/C18H25NO/c1-12-7-8-14(11-13(12)2)18(20)16-9-10-19-17-6-4-3-5-15(16)17/h3-6,12-14,16,19H,7-11H2,1-2H3. The molecule has 4 unspecified atom stereocenters. The van der Waals surface area contributed by atoms with Gasteiger partial charge in [0, 0.05) is 24.1 Å². The predicted octanol–water partition coefficient (Wildman–Crippen LogP) is 4.23. The van der Waals surface area contributed by atoms with Crippen molar-refractivity contribution in [1.29, 1.82) is 0 Å². The highest BCUT2D eigenvalue weighted by atomic mass is 16.1. The Morgan fingerprint density at radius 3 is 2.70 bits per heavy atom. The van der Waals surface area contributed by atoms with E-state index in [4.69, 9.17) is 0 Å². The molecular formula is C18H25NO. The number of para-hydroxylation sites is 1. The maximum Gasteiger partial charge on any atom is 0.143 e. The predicted molar refractivity (Wildman–Crippen MR) is 83.0 cm³/mol. The summed E-state index contributed by atoms with van der Waals surface area (Å²) in [5.41, 5.74) is 2.38. The second-order valence-corrected chi connectivity index (χ2v) is 6.72. The smallest absolute Gasteiger partial charge is 0.143 e. The average molecular weight is 271 g/mol. The Labute approximate surface area is 122 Å². The van der Waals surface area contributed by atoms with Crippen molar-refractivity contribution in [2.75, 3.05) is 11.9 Å². The summed E-state index contributed by atoms with van der Waals surface area (Å²) >= 11 is 0. The molecule has 108 valence electrons. The Kier molecular flexibility index (Phi) is 3.82. The lowest BCUT2D eigenvalue weighted by atomic mass is 9.71. The van der Waals surface area contributed by atoms with Crippen LogP contribution in [0.3, 0.4) is 0 Å². The van der Waals surface area contributed by atoms with Gasteiger partial charge in [-0.05, 0) is 49.1 Å². The number of ketones is 1. The van der Waals surface area contributed by atoms with Crippen LogP contribution < -0.4 is 5.32 Å². The lowest BCUT2D eigenvalue weighted by Gasteiger charge is -2.34. The lowest BCUT2D eigenvalue weighted by molar-refractivity contribution is -0.126. The van der Waals surface area contributed by atoms with Gasteiger partial charge < -0.3 is 5.32 Å². The first-order chi connectivity index (χ1) is 9.66. The molecule has 0 saturated heterocycles. The van der Waals surface area contributed by atoms with Crippen LogP contribution in [0.2, 0.25) is 0 Å². The van der Waals surface area contributed by atoms with Gasteiger partial charge in [-0.2, -0.15) is 0 Å². The molecule has 1 aliphatic heterocycles. The molecule has 0 bridgehead atoms. The summed E-state index contributed by atoms with van der Waals surface area (Å²) in [7, 11) is 0. The van der Waals surface area contributed by atoms with Crippen molar-refractivity contribution in [3.8, 4) is 0 Å². The number of nitrogens with one attached hydrogen (secondary N) is 1. The lowest BCUT2D eigenvalue weighted by Crippen LogP contribution is -2.32. The third kappa shape index (κ3) is 2.48. The minimum absolute atomic E-state index is 0.123. The van der Waals surface area contributed by atoms with Gasteiger partial charge in [-0.25, -0.2) is 0 Å². The molecule has 1 fully saturated rings. The molecule has 1 aromatic rings. The molecule has 3 rings (SSSR count). The molecule has 2 aliphatic rings. The quantitative estimate of drug-likeness (QED) is 0.872. The van der Waals surface area contributed by atoms with Crippen LogP contribution in [0.4, 0.5) is 5.69 Å². The monoisotopic (exact) mass is 271 g/mol. The molecule has 1 N–H and O–H groups in total. The van der Waals surface area contributed by atoms with E-state index in [9.17, 15) is 4.79 Å². The van der Waals surface area contributed by atoms with Gasteiger partial charge in [0.05, 0.1) is 0 Å². The first-order valence-electron chi connectivity index (χ1n) is 8.03. The fourth-order valence-corrected chi connectivity index (χ4v) is 3.85. The van der Waals surface area contributed by atoms with Crippen LogP contribution in [0, 0.1) is 17.8 Å². The molecule has 1 heterocycles. The van der Waals surface area contributed by atoms with Crippen molar-refractivity contribution in [1.82, 2.24) is 0 Å². The van der Waals surface area contributed by atoms with Crippen LogP contribution in [0.5, 0.6) is 0 Å². The van der Waals surface area contributed by atoms with Crippen LogP contribution >= 0.6 is 0 Å². The van der Waals surface area contributed by atoms with E-state index in [-0.39, 0.29) is 11.8 Å². The van der Waals surface area contributed by atoms with Crippen molar-refractivity contribution in [2.24, 2.45) is 17.8 Å². The van der Waals surface area contributed by atoms with Crippen molar-refractivity contribution in [3.63, 3.8) is 0 Å². The van der Waals surface area contributed by atoms with Crippen molar-refractivity contribution >= 4 is 11.5 Å². The van der Waals surface area contributed by atoms with E-state index in [1.54, 1.807) is 0 Å². The summed E-state index contributed by atoms with van der Waals surface area (Å²) in [6.07, 6.45) is 4.35. The van der Waals surface area contributed by atoms with E-state index in [1.165, 1.54) is 12.0 Å². The highest BCUT2D eigenvalue weighted by Gasteiger charge is 2.35. The first-order valence-corrected chi connectivity index (χ1v) is 8.03. The molecule has 2 heteroatoms. The number of fused-ring (bicyclic) bond motifs is 1. The highest BCUT2D eigenvalue weighted by molar-refractivity contribution is 5.90. The number of carbonyl (C=O) groups is 1. The van der Waals surface area contributed by atoms with E-state index in [1.807, 2.05) is 6.07 Å². The van der Waals surface area contributed by atoms with E-state index < -0.39 is 0 Å². The van der Waals surface area contributed by atoms with Gasteiger partial charge in [0.15, 0.2) is 0 Å². The zero-order valence-corrected chi connectivity index (χ0v) is 12.6. The molecule has 0 spiro atoms. The van der Waals surface area contributed by atoms with Gasteiger partial charge in [0.25, 0.3) is 0 Å². The third-order valence-electron chi connectivity index (χ3n) is 5.43. The van der Waals surface area contributed by atoms with Gasteiger partial charge in [0.1, 0.15) is 5.78 Å². The van der Waals surface area contributed by atoms with Crippen molar-refractivity contribution in [2.45, 2.75) is 45.4 Å². The normalized spacial score (nSPS) is 33.1. The molecule has 1 saturated carbocycles. The third-order valence-corrected chi connectivity index (χ3v) is 5.43. The second-order valence-electron chi connectivity index (χ2n) is 6.72. The molecule has 4 atom stereocenters. The molecule has 2 nitrogen and oxygen atoms in total. The topological polar surface area (TPSA) is 29.1 Å². The maximum atomic E-state index is 12.9. The number of hydrogen-bond donors (Lipinski definition) is 1. The molecule has 1 aliphatic carbocycles. The Morgan fingerprint density at radius 2 is 1.90 bits per heavy atom. The summed E-state index contributed by atoms with van der Waals surface area (Å²) < 4.78 is 0. The molecule has 0 radical (unpaired) electrons. The Balaban J connectivity index is 1.78. The van der Waals surface area contributed by atoms with Gasteiger partial charge >= 0.3 is 0 Å². The summed E-state index contributed by atoms with van der Waals surface area (Å²) in [5, 5.41) is 3.41. The van der Waals surface area contributed by atoms with Crippen LogP contribution in [0.15, 0.2) is 24.3 Å². The van der Waals surface area contributed by atoms with Gasteiger partial charge in [-0.3, -0.25) is 4.79 Å². The van der Waals surface area contributed by atoms with Crippen LogP contribution in [-0.4, -0.2) is 12.3 Å².